The van der Waals surface area contributed by atoms with E-state index in [4.69, 9.17) is 16.9 Å². The molecule has 0 radical (unpaired) electrons. The summed E-state index contributed by atoms with van der Waals surface area (Å²) >= 11 is 7.61. The first-order valence-electron chi connectivity index (χ1n) is 5.30. The van der Waals surface area contributed by atoms with Crippen molar-refractivity contribution >= 4 is 29.1 Å². The van der Waals surface area contributed by atoms with Crippen molar-refractivity contribution in [2.75, 3.05) is 6.26 Å². The number of ketones is 1. The topological polar surface area (TPSA) is 71.6 Å². The standard InChI is InChI=1S/C12H9ClN4OS/c1-19-7-8-5-10(11(18)6-14)17(16-8)12-9(13)3-2-4-15-12/h2-5H,7H2,1H3. The zero-order chi connectivity index (χ0) is 13.8. The molecule has 7 heteroatoms. The SMILES string of the molecule is CSCc1cc(C(=O)C#N)n(-c2ncccc2Cl)n1. The highest BCUT2D eigenvalue weighted by molar-refractivity contribution is 7.97. The molecule has 2 aromatic heterocycles. The van der Waals surface area contributed by atoms with Gasteiger partial charge < -0.3 is 0 Å². The van der Waals surface area contributed by atoms with Crippen molar-refractivity contribution in [3.8, 4) is 11.9 Å². The number of Topliss-reactive ketones (excluding diaryl/α,β-unsaturated/α-hetero) is 1. The maximum absolute atomic E-state index is 11.6. The van der Waals surface area contributed by atoms with Crippen LogP contribution in [0, 0.1) is 11.3 Å². The molecule has 0 fully saturated rings. The summed E-state index contributed by atoms with van der Waals surface area (Å²) in [4.78, 5) is 15.7. The summed E-state index contributed by atoms with van der Waals surface area (Å²) < 4.78 is 1.32. The largest absolute Gasteiger partial charge is 0.280 e. The molecule has 0 bridgehead atoms. The Kier molecular flexibility index (Phi) is 4.20. The van der Waals surface area contributed by atoms with Crippen molar-refractivity contribution < 1.29 is 4.79 Å². The first-order valence-corrected chi connectivity index (χ1v) is 7.07. The molecular weight excluding hydrogens is 284 g/mol. The minimum Gasteiger partial charge on any atom is -0.275 e. The zero-order valence-electron chi connectivity index (χ0n) is 10.00. The lowest BCUT2D eigenvalue weighted by molar-refractivity contribution is 0.104. The number of rotatable bonds is 4. The van der Waals surface area contributed by atoms with Gasteiger partial charge in [-0.15, -0.1) is 0 Å². The van der Waals surface area contributed by atoms with E-state index in [1.54, 1.807) is 42.2 Å². The van der Waals surface area contributed by atoms with Crippen LogP contribution in [0.15, 0.2) is 24.4 Å². The van der Waals surface area contributed by atoms with E-state index >= 15 is 0 Å². The number of thioether (sulfide) groups is 1. The van der Waals surface area contributed by atoms with Crippen LogP contribution in [0.4, 0.5) is 0 Å². The molecule has 0 atom stereocenters. The Bertz CT molecular complexity index is 662. The smallest absolute Gasteiger partial charge is 0.275 e. The Morgan fingerprint density at radius 3 is 3.05 bits per heavy atom. The Balaban J connectivity index is 2.58. The lowest BCUT2D eigenvalue weighted by atomic mass is 10.3. The van der Waals surface area contributed by atoms with Gasteiger partial charge in [0.15, 0.2) is 5.82 Å². The van der Waals surface area contributed by atoms with Crippen LogP contribution in [-0.2, 0) is 5.75 Å². The van der Waals surface area contributed by atoms with Crippen molar-refractivity contribution in [1.82, 2.24) is 14.8 Å². The Morgan fingerprint density at radius 1 is 1.63 bits per heavy atom. The molecule has 0 aliphatic heterocycles. The number of nitrogens with zero attached hydrogens (tertiary/aromatic N) is 4. The molecule has 0 aliphatic rings. The molecule has 5 nitrogen and oxygen atoms in total. The molecule has 2 rings (SSSR count). The summed E-state index contributed by atoms with van der Waals surface area (Å²) in [7, 11) is 0. The van der Waals surface area contributed by atoms with E-state index in [-0.39, 0.29) is 5.69 Å². The third kappa shape index (κ3) is 2.78. The van der Waals surface area contributed by atoms with Crippen LogP contribution in [0.25, 0.3) is 5.82 Å². The summed E-state index contributed by atoms with van der Waals surface area (Å²) in [6.45, 7) is 0. The molecule has 0 amide bonds. The second kappa shape index (κ2) is 5.87. The molecule has 0 saturated carbocycles. The Morgan fingerprint density at radius 2 is 2.42 bits per heavy atom. The number of halogens is 1. The van der Waals surface area contributed by atoms with Crippen LogP contribution in [0.5, 0.6) is 0 Å². The number of carbonyl (C=O) groups is 1. The highest BCUT2D eigenvalue weighted by atomic mass is 35.5. The highest BCUT2D eigenvalue weighted by Crippen LogP contribution is 2.20. The summed E-state index contributed by atoms with van der Waals surface area (Å²) in [5.41, 5.74) is 0.875. The van der Waals surface area contributed by atoms with Crippen molar-refractivity contribution in [1.29, 1.82) is 5.26 Å². The van der Waals surface area contributed by atoms with Crippen LogP contribution in [0.2, 0.25) is 5.02 Å². The molecule has 0 aliphatic carbocycles. The Hall–Kier alpha value is -1.84. The van der Waals surface area contributed by atoms with E-state index in [2.05, 4.69) is 10.1 Å². The first-order chi connectivity index (χ1) is 9.17. The van der Waals surface area contributed by atoms with E-state index in [1.807, 2.05) is 6.26 Å². The highest BCUT2D eigenvalue weighted by Gasteiger charge is 2.18. The van der Waals surface area contributed by atoms with Gasteiger partial charge in [-0.05, 0) is 24.5 Å². The average Bonchev–Trinajstić information content (AvgIpc) is 2.82. The van der Waals surface area contributed by atoms with Gasteiger partial charge in [-0.2, -0.15) is 22.1 Å². The number of aromatic nitrogens is 3. The third-order valence-electron chi connectivity index (χ3n) is 2.33. The molecule has 0 aromatic carbocycles. The zero-order valence-corrected chi connectivity index (χ0v) is 11.6. The maximum atomic E-state index is 11.6. The van der Waals surface area contributed by atoms with Crippen molar-refractivity contribution in [2.24, 2.45) is 0 Å². The molecular formula is C12H9ClN4OS. The summed E-state index contributed by atoms with van der Waals surface area (Å²) in [6, 6.07) is 6.52. The lowest BCUT2D eigenvalue weighted by Gasteiger charge is -2.04. The van der Waals surface area contributed by atoms with Gasteiger partial charge in [0.05, 0.1) is 10.7 Å². The molecule has 0 N–H and O–H groups in total. The molecule has 19 heavy (non-hydrogen) atoms. The second-order valence-electron chi connectivity index (χ2n) is 3.62. The molecule has 2 heterocycles. The van der Waals surface area contributed by atoms with E-state index in [9.17, 15) is 4.79 Å². The van der Waals surface area contributed by atoms with Crippen LogP contribution < -0.4 is 0 Å². The fraction of sp³-hybridized carbons (Fsp3) is 0.167. The second-order valence-corrected chi connectivity index (χ2v) is 4.89. The number of pyridine rings is 1. The number of nitriles is 1. The van der Waals surface area contributed by atoms with E-state index in [1.165, 1.54) is 4.68 Å². The minimum atomic E-state index is -0.665. The quantitative estimate of drug-likeness (QED) is 0.639. The number of carbonyl (C=O) groups excluding carboxylic acids is 1. The van der Waals surface area contributed by atoms with Gasteiger partial charge in [-0.25, -0.2) is 9.67 Å². The molecule has 96 valence electrons. The van der Waals surface area contributed by atoms with Gasteiger partial charge in [0.1, 0.15) is 11.8 Å². The van der Waals surface area contributed by atoms with Crippen molar-refractivity contribution in [2.45, 2.75) is 5.75 Å². The number of hydrogen-bond donors (Lipinski definition) is 0. The van der Waals surface area contributed by atoms with Crippen molar-refractivity contribution in [3.05, 3.63) is 40.8 Å². The fourth-order valence-electron chi connectivity index (χ4n) is 1.56. The maximum Gasteiger partial charge on any atom is 0.280 e. The third-order valence-corrected chi connectivity index (χ3v) is 3.21. The average molecular weight is 293 g/mol. The molecule has 0 unspecified atom stereocenters. The van der Waals surface area contributed by atoms with Gasteiger partial charge in [0, 0.05) is 11.9 Å². The Labute approximate surface area is 119 Å². The first kappa shape index (κ1) is 13.6. The van der Waals surface area contributed by atoms with Gasteiger partial charge in [0.25, 0.3) is 5.78 Å². The number of hydrogen-bond acceptors (Lipinski definition) is 5. The van der Waals surface area contributed by atoms with Gasteiger partial charge in [0.2, 0.25) is 0 Å². The van der Waals surface area contributed by atoms with Gasteiger partial charge in [-0.1, -0.05) is 11.6 Å². The predicted molar refractivity (Wildman–Crippen MR) is 73.5 cm³/mol. The summed E-state index contributed by atoms with van der Waals surface area (Å²) in [5.74, 6) is 0.320. The summed E-state index contributed by atoms with van der Waals surface area (Å²) in [5, 5.41) is 13.4. The molecule has 0 spiro atoms. The van der Waals surface area contributed by atoms with E-state index < -0.39 is 5.78 Å². The minimum absolute atomic E-state index is 0.173. The van der Waals surface area contributed by atoms with Gasteiger partial charge in [-0.3, -0.25) is 4.79 Å². The van der Waals surface area contributed by atoms with Crippen molar-refractivity contribution in [3.63, 3.8) is 0 Å². The predicted octanol–water partition coefficient (Wildman–Crippen LogP) is 2.49. The van der Waals surface area contributed by atoms with Crippen LogP contribution in [0.3, 0.4) is 0 Å². The summed E-state index contributed by atoms with van der Waals surface area (Å²) in [6.07, 6.45) is 3.48. The lowest BCUT2D eigenvalue weighted by Crippen LogP contribution is -2.09. The monoisotopic (exact) mass is 292 g/mol. The molecule has 0 saturated heterocycles. The van der Waals surface area contributed by atoms with Crippen LogP contribution in [-0.4, -0.2) is 26.8 Å². The normalized spacial score (nSPS) is 10.2. The van der Waals surface area contributed by atoms with Gasteiger partial charge >= 0.3 is 0 Å². The van der Waals surface area contributed by atoms with E-state index in [0.717, 1.165) is 0 Å². The molecule has 2 aromatic rings. The fourth-order valence-corrected chi connectivity index (χ4v) is 2.20. The van der Waals surface area contributed by atoms with Crippen LogP contribution >= 0.6 is 23.4 Å². The van der Waals surface area contributed by atoms with Crippen LogP contribution in [0.1, 0.15) is 16.2 Å². The van der Waals surface area contributed by atoms with E-state index in [0.29, 0.717) is 22.3 Å².